The number of unbranched alkanes of at least 4 members (excludes halogenated alkanes) is 1. The molecule has 21 heavy (non-hydrogen) atoms. The molecule has 1 atom stereocenters. The molecule has 1 saturated carbocycles. The first-order valence-corrected chi connectivity index (χ1v) is 8.82. The molecule has 0 spiro atoms. The van der Waals surface area contributed by atoms with Crippen LogP contribution in [0.2, 0.25) is 0 Å². The van der Waals surface area contributed by atoms with Crippen LogP contribution in [0, 0.1) is 11.8 Å². The van der Waals surface area contributed by atoms with E-state index in [1.54, 1.807) is 6.33 Å². The second-order valence-electron chi connectivity index (χ2n) is 6.51. The van der Waals surface area contributed by atoms with Gasteiger partial charge >= 0.3 is 0 Å². The van der Waals surface area contributed by atoms with Crippen LogP contribution in [0.15, 0.2) is 6.33 Å². The molecule has 0 bridgehead atoms. The number of likely N-dealkylation sites (N-methyl/N-ethyl adjacent to an activating group) is 1. The Morgan fingerprint density at radius 1 is 1.29 bits per heavy atom. The summed E-state index contributed by atoms with van der Waals surface area (Å²) in [6, 6.07) is 0.548. The molecule has 1 aliphatic carbocycles. The Bertz CT molecular complexity index is 393. The van der Waals surface area contributed by atoms with Crippen molar-refractivity contribution in [1.82, 2.24) is 20.1 Å². The van der Waals surface area contributed by atoms with Gasteiger partial charge in [0, 0.05) is 19.0 Å². The molecule has 1 unspecified atom stereocenters. The van der Waals surface area contributed by atoms with Crippen LogP contribution in [0.3, 0.4) is 0 Å². The van der Waals surface area contributed by atoms with Gasteiger partial charge in [0.2, 0.25) is 0 Å². The summed E-state index contributed by atoms with van der Waals surface area (Å²) in [7, 11) is 2.10. The minimum Gasteiger partial charge on any atom is -0.316 e. The van der Waals surface area contributed by atoms with Crippen molar-refractivity contribution in [3.63, 3.8) is 0 Å². The van der Waals surface area contributed by atoms with Gasteiger partial charge in [0.05, 0.1) is 0 Å². The second kappa shape index (κ2) is 8.52. The third-order valence-electron chi connectivity index (χ3n) is 5.19. The molecule has 0 radical (unpaired) electrons. The Morgan fingerprint density at radius 2 is 2.05 bits per heavy atom. The molecule has 0 amide bonds. The van der Waals surface area contributed by atoms with Crippen LogP contribution in [0.5, 0.6) is 0 Å². The third-order valence-corrected chi connectivity index (χ3v) is 5.19. The Kier molecular flexibility index (Phi) is 6.68. The molecule has 0 saturated heterocycles. The van der Waals surface area contributed by atoms with Gasteiger partial charge in [-0.25, -0.2) is 4.98 Å². The van der Waals surface area contributed by atoms with E-state index in [0.717, 1.165) is 30.6 Å². The molecule has 120 valence electrons. The summed E-state index contributed by atoms with van der Waals surface area (Å²) in [5.41, 5.74) is 0. The first-order valence-electron chi connectivity index (χ1n) is 8.82. The van der Waals surface area contributed by atoms with Crippen molar-refractivity contribution in [1.29, 1.82) is 0 Å². The van der Waals surface area contributed by atoms with Crippen LogP contribution in [0.25, 0.3) is 0 Å². The zero-order valence-corrected chi connectivity index (χ0v) is 14.0. The maximum Gasteiger partial charge on any atom is 0.138 e. The van der Waals surface area contributed by atoms with Crippen LogP contribution >= 0.6 is 0 Å². The number of nitrogens with one attached hydrogen (secondary N) is 1. The minimum atomic E-state index is 0.548. The number of aromatic nitrogens is 3. The van der Waals surface area contributed by atoms with Crippen LogP contribution in [0.1, 0.15) is 64.6 Å². The number of nitrogens with zero attached hydrogens (tertiary/aromatic N) is 3. The molecule has 2 rings (SSSR count). The van der Waals surface area contributed by atoms with Gasteiger partial charge in [0.25, 0.3) is 0 Å². The van der Waals surface area contributed by atoms with Gasteiger partial charge in [-0.3, -0.25) is 4.68 Å². The first kappa shape index (κ1) is 16.5. The van der Waals surface area contributed by atoms with Gasteiger partial charge in [-0.2, -0.15) is 5.10 Å². The fraction of sp³-hybridized carbons (Fsp3) is 0.882. The largest absolute Gasteiger partial charge is 0.316 e. The van der Waals surface area contributed by atoms with E-state index in [1.165, 1.54) is 44.9 Å². The van der Waals surface area contributed by atoms with E-state index in [1.807, 2.05) is 4.68 Å². The molecule has 1 aliphatic rings. The van der Waals surface area contributed by atoms with E-state index in [-0.39, 0.29) is 0 Å². The number of rotatable bonds is 8. The average molecular weight is 292 g/mol. The Balaban J connectivity index is 1.85. The van der Waals surface area contributed by atoms with Gasteiger partial charge < -0.3 is 5.32 Å². The molecular weight excluding hydrogens is 260 g/mol. The fourth-order valence-electron chi connectivity index (χ4n) is 3.78. The first-order chi connectivity index (χ1) is 10.3. The summed E-state index contributed by atoms with van der Waals surface area (Å²) in [4.78, 5) is 4.44. The monoisotopic (exact) mass is 292 g/mol. The zero-order chi connectivity index (χ0) is 15.1. The fourth-order valence-corrected chi connectivity index (χ4v) is 3.78. The molecule has 1 heterocycles. The van der Waals surface area contributed by atoms with Gasteiger partial charge in [0.15, 0.2) is 0 Å². The van der Waals surface area contributed by atoms with Crippen molar-refractivity contribution >= 4 is 0 Å². The number of hydrogen-bond acceptors (Lipinski definition) is 3. The second-order valence-corrected chi connectivity index (χ2v) is 6.51. The maximum absolute atomic E-state index is 4.44. The SMILES string of the molecule is CCCCC1CCC(C(Cc2ncnn2CC)NC)CC1. The minimum absolute atomic E-state index is 0.548. The predicted molar refractivity (Wildman–Crippen MR) is 87.2 cm³/mol. The van der Waals surface area contributed by atoms with E-state index >= 15 is 0 Å². The van der Waals surface area contributed by atoms with Crippen molar-refractivity contribution in [3.05, 3.63) is 12.2 Å². The Hall–Kier alpha value is -0.900. The van der Waals surface area contributed by atoms with Crippen LogP contribution in [-0.4, -0.2) is 27.9 Å². The molecule has 1 N–H and O–H groups in total. The lowest BCUT2D eigenvalue weighted by molar-refractivity contribution is 0.214. The van der Waals surface area contributed by atoms with Crippen molar-refractivity contribution in [2.75, 3.05) is 7.05 Å². The zero-order valence-electron chi connectivity index (χ0n) is 14.0. The van der Waals surface area contributed by atoms with Crippen molar-refractivity contribution in [2.45, 2.75) is 77.8 Å². The molecule has 4 heteroatoms. The molecule has 1 aromatic rings. The lowest BCUT2D eigenvalue weighted by atomic mass is 9.76. The maximum atomic E-state index is 4.44. The summed E-state index contributed by atoms with van der Waals surface area (Å²) in [6.07, 6.45) is 12.5. The molecule has 4 nitrogen and oxygen atoms in total. The topological polar surface area (TPSA) is 42.7 Å². The number of aryl methyl sites for hydroxylation is 1. The standard InChI is InChI=1S/C17H32N4/c1-4-6-7-14-8-10-15(11-9-14)16(18-3)12-17-19-13-20-21(17)5-2/h13-16,18H,4-12H2,1-3H3. The van der Waals surface area contributed by atoms with Crippen molar-refractivity contribution in [3.8, 4) is 0 Å². The summed E-state index contributed by atoms with van der Waals surface area (Å²) in [5.74, 6) is 2.91. The lowest BCUT2D eigenvalue weighted by Gasteiger charge is -2.33. The van der Waals surface area contributed by atoms with Crippen LogP contribution in [0.4, 0.5) is 0 Å². The molecular formula is C17H32N4. The average Bonchev–Trinajstić information content (AvgIpc) is 2.98. The van der Waals surface area contributed by atoms with Gasteiger partial charge in [-0.15, -0.1) is 0 Å². The van der Waals surface area contributed by atoms with E-state index in [2.05, 4.69) is 36.3 Å². The molecule has 0 aromatic carbocycles. The summed E-state index contributed by atoms with van der Waals surface area (Å²) in [6.45, 7) is 5.34. The third kappa shape index (κ3) is 4.53. The highest BCUT2D eigenvalue weighted by Gasteiger charge is 2.27. The Morgan fingerprint density at radius 3 is 2.67 bits per heavy atom. The van der Waals surface area contributed by atoms with E-state index < -0.39 is 0 Å². The van der Waals surface area contributed by atoms with Gasteiger partial charge in [-0.1, -0.05) is 39.0 Å². The van der Waals surface area contributed by atoms with Crippen molar-refractivity contribution < 1.29 is 0 Å². The lowest BCUT2D eigenvalue weighted by Crippen LogP contribution is -2.38. The molecule has 1 aromatic heterocycles. The van der Waals surface area contributed by atoms with Gasteiger partial charge in [-0.05, 0) is 38.6 Å². The van der Waals surface area contributed by atoms with Gasteiger partial charge in [0.1, 0.15) is 12.2 Å². The Labute approximate surface area is 129 Å². The van der Waals surface area contributed by atoms with E-state index in [4.69, 9.17) is 0 Å². The molecule has 1 fully saturated rings. The highest BCUT2D eigenvalue weighted by Crippen LogP contribution is 2.34. The normalized spacial score (nSPS) is 24.1. The summed E-state index contributed by atoms with van der Waals surface area (Å²) in [5, 5.41) is 7.83. The highest BCUT2D eigenvalue weighted by atomic mass is 15.3. The van der Waals surface area contributed by atoms with Crippen molar-refractivity contribution in [2.24, 2.45) is 11.8 Å². The summed E-state index contributed by atoms with van der Waals surface area (Å²) < 4.78 is 2.03. The van der Waals surface area contributed by atoms with Crippen LogP contribution in [-0.2, 0) is 13.0 Å². The van der Waals surface area contributed by atoms with E-state index in [0.29, 0.717) is 6.04 Å². The predicted octanol–water partition coefficient (Wildman–Crippen LogP) is 3.43. The van der Waals surface area contributed by atoms with Crippen LogP contribution < -0.4 is 5.32 Å². The van der Waals surface area contributed by atoms with E-state index in [9.17, 15) is 0 Å². The molecule has 0 aliphatic heterocycles. The highest BCUT2D eigenvalue weighted by molar-refractivity contribution is 4.93. The summed E-state index contributed by atoms with van der Waals surface area (Å²) >= 11 is 0. The number of hydrogen-bond donors (Lipinski definition) is 1. The smallest absolute Gasteiger partial charge is 0.138 e. The quantitative estimate of drug-likeness (QED) is 0.798.